The van der Waals surface area contributed by atoms with Crippen molar-refractivity contribution in [3.63, 3.8) is 0 Å². The van der Waals surface area contributed by atoms with E-state index in [4.69, 9.17) is 17.2 Å². The molecule has 0 spiro atoms. The molecular weight excluding hydrogens is 198 g/mol. The maximum Gasteiger partial charge on any atom is 0.250 e. The Bertz CT molecular complexity index is 419. The van der Waals surface area contributed by atoms with Crippen molar-refractivity contribution in [3.8, 4) is 6.07 Å². The van der Waals surface area contributed by atoms with Gasteiger partial charge in [-0.3, -0.25) is 5.41 Å². The molecule has 1 fully saturated rings. The Morgan fingerprint density at radius 3 is 2.44 bits per heavy atom. The highest BCUT2D eigenvalue weighted by molar-refractivity contribution is 5.67. The SMILES string of the molecule is [C-]#[N+]C(=C=N)/C(=C(\C)C#N)C1CCCCC1. The summed E-state index contributed by atoms with van der Waals surface area (Å²) in [6.45, 7) is 8.77. The largest absolute Gasteiger partial charge is 0.271 e. The Morgan fingerprint density at radius 2 is 2.00 bits per heavy atom. The van der Waals surface area contributed by atoms with E-state index in [0.717, 1.165) is 31.3 Å². The lowest BCUT2D eigenvalue weighted by atomic mass is 9.81. The van der Waals surface area contributed by atoms with Crippen LogP contribution in [-0.2, 0) is 0 Å². The van der Waals surface area contributed by atoms with Crippen LogP contribution in [0.4, 0.5) is 0 Å². The first-order valence-corrected chi connectivity index (χ1v) is 5.53. The molecule has 0 aromatic carbocycles. The molecule has 0 unspecified atom stereocenters. The molecule has 1 saturated carbocycles. The van der Waals surface area contributed by atoms with Crippen molar-refractivity contribution in [2.45, 2.75) is 39.0 Å². The third kappa shape index (κ3) is 2.60. The fraction of sp³-hybridized carbons (Fsp3) is 0.538. The number of nitriles is 1. The molecule has 1 aliphatic carbocycles. The average molecular weight is 213 g/mol. The van der Waals surface area contributed by atoms with Crippen molar-refractivity contribution in [1.29, 1.82) is 10.7 Å². The smallest absolute Gasteiger partial charge is 0.250 e. The van der Waals surface area contributed by atoms with E-state index in [-0.39, 0.29) is 11.6 Å². The highest BCUT2D eigenvalue weighted by Gasteiger charge is 2.23. The topological polar surface area (TPSA) is 52.0 Å². The van der Waals surface area contributed by atoms with Crippen LogP contribution in [0.1, 0.15) is 39.0 Å². The maximum atomic E-state index is 8.96. The van der Waals surface area contributed by atoms with Crippen LogP contribution in [0.5, 0.6) is 0 Å². The zero-order chi connectivity index (χ0) is 12.0. The standard InChI is InChI=1S/C13H15N3/c1-10(8-14)13(12(9-15)16-2)11-6-4-3-5-7-11/h11,15H,3-7H2,1H3/b13-10+. The highest BCUT2D eigenvalue weighted by atomic mass is 14.7. The fourth-order valence-corrected chi connectivity index (χ4v) is 2.28. The van der Waals surface area contributed by atoms with Crippen LogP contribution < -0.4 is 0 Å². The van der Waals surface area contributed by atoms with E-state index in [9.17, 15) is 0 Å². The molecule has 0 heterocycles. The average Bonchev–Trinajstić information content (AvgIpc) is 2.36. The van der Waals surface area contributed by atoms with Gasteiger partial charge in [-0.1, -0.05) is 19.3 Å². The minimum Gasteiger partial charge on any atom is -0.271 e. The zero-order valence-corrected chi connectivity index (χ0v) is 9.51. The molecule has 0 aromatic rings. The van der Waals surface area contributed by atoms with Crippen molar-refractivity contribution in [2.75, 3.05) is 0 Å². The molecule has 1 N–H and O–H groups in total. The normalized spacial score (nSPS) is 17.7. The number of allylic oxidation sites excluding steroid dienone is 2. The van der Waals surface area contributed by atoms with Crippen LogP contribution in [0.25, 0.3) is 4.85 Å². The van der Waals surface area contributed by atoms with Crippen molar-refractivity contribution in [1.82, 2.24) is 0 Å². The molecule has 0 aromatic heterocycles. The molecule has 3 heteroatoms. The van der Waals surface area contributed by atoms with Gasteiger partial charge in [0.15, 0.2) is 0 Å². The monoisotopic (exact) mass is 213 g/mol. The van der Waals surface area contributed by atoms with Crippen LogP contribution in [0.3, 0.4) is 0 Å². The van der Waals surface area contributed by atoms with Gasteiger partial charge in [-0.15, -0.1) is 0 Å². The lowest BCUT2D eigenvalue weighted by Gasteiger charge is -2.24. The molecule has 82 valence electrons. The van der Waals surface area contributed by atoms with E-state index in [1.165, 1.54) is 6.42 Å². The molecular formula is C13H15N3. The number of hydrogen-bond acceptors (Lipinski definition) is 2. The van der Waals surface area contributed by atoms with Gasteiger partial charge in [0, 0.05) is 5.57 Å². The van der Waals surface area contributed by atoms with Crippen molar-refractivity contribution >= 4 is 5.87 Å². The van der Waals surface area contributed by atoms with Crippen LogP contribution in [0, 0.1) is 29.2 Å². The van der Waals surface area contributed by atoms with E-state index in [1.807, 2.05) is 0 Å². The summed E-state index contributed by atoms with van der Waals surface area (Å²) in [5.41, 5.74) is 1.54. The van der Waals surface area contributed by atoms with Gasteiger partial charge in [0.25, 0.3) is 5.70 Å². The van der Waals surface area contributed by atoms with Gasteiger partial charge in [-0.05, 0) is 37.1 Å². The lowest BCUT2D eigenvalue weighted by molar-refractivity contribution is 0.405. The van der Waals surface area contributed by atoms with E-state index in [0.29, 0.717) is 5.57 Å². The van der Waals surface area contributed by atoms with E-state index < -0.39 is 0 Å². The molecule has 0 saturated heterocycles. The third-order valence-electron chi connectivity index (χ3n) is 3.07. The van der Waals surface area contributed by atoms with Crippen molar-refractivity contribution in [2.24, 2.45) is 5.92 Å². The molecule has 0 radical (unpaired) electrons. The minimum atomic E-state index is 0.214. The predicted octanol–water partition coefficient (Wildman–Crippen LogP) is 3.46. The molecule has 0 aliphatic heterocycles. The Balaban J connectivity index is 3.12. The van der Waals surface area contributed by atoms with Gasteiger partial charge in [0.1, 0.15) is 0 Å². The molecule has 0 atom stereocenters. The summed E-state index contributed by atoms with van der Waals surface area (Å²) in [7, 11) is 0. The van der Waals surface area contributed by atoms with Gasteiger partial charge in [-0.25, -0.2) is 4.85 Å². The molecule has 0 bridgehead atoms. The van der Waals surface area contributed by atoms with Crippen LogP contribution in [0.15, 0.2) is 16.8 Å². The van der Waals surface area contributed by atoms with E-state index in [1.54, 1.807) is 6.92 Å². The number of nitrogens with zero attached hydrogens (tertiary/aromatic N) is 2. The summed E-state index contributed by atoms with van der Waals surface area (Å²) in [4.78, 5) is 3.31. The van der Waals surface area contributed by atoms with Crippen LogP contribution >= 0.6 is 0 Å². The van der Waals surface area contributed by atoms with E-state index >= 15 is 0 Å². The second kappa shape index (κ2) is 5.91. The van der Waals surface area contributed by atoms with Gasteiger partial charge in [0.05, 0.1) is 12.6 Å². The number of hydrogen-bond donors (Lipinski definition) is 1. The Hall–Kier alpha value is -1.83. The van der Waals surface area contributed by atoms with Gasteiger partial charge < -0.3 is 0 Å². The molecule has 0 amide bonds. The third-order valence-corrected chi connectivity index (χ3v) is 3.07. The quantitative estimate of drug-likeness (QED) is 0.325. The number of nitrogens with one attached hydrogen (secondary N) is 1. The number of rotatable bonds is 2. The fourth-order valence-electron chi connectivity index (χ4n) is 2.28. The highest BCUT2D eigenvalue weighted by Crippen LogP contribution is 2.34. The van der Waals surface area contributed by atoms with Crippen molar-refractivity contribution < 1.29 is 0 Å². The summed E-state index contributed by atoms with van der Waals surface area (Å²) >= 11 is 0. The molecule has 1 rings (SSSR count). The predicted molar refractivity (Wildman–Crippen MR) is 62.7 cm³/mol. The van der Waals surface area contributed by atoms with Gasteiger partial charge in [-0.2, -0.15) is 5.26 Å². The van der Waals surface area contributed by atoms with Gasteiger partial charge >= 0.3 is 0 Å². The van der Waals surface area contributed by atoms with Crippen LogP contribution in [0.2, 0.25) is 0 Å². The molecule has 1 aliphatic rings. The maximum absolute atomic E-state index is 8.96. The van der Waals surface area contributed by atoms with Crippen LogP contribution in [-0.4, -0.2) is 5.87 Å². The van der Waals surface area contributed by atoms with Crippen molar-refractivity contribution in [3.05, 3.63) is 28.3 Å². The first-order chi connectivity index (χ1) is 7.74. The Kier molecular flexibility index (Phi) is 4.52. The Morgan fingerprint density at radius 1 is 1.38 bits per heavy atom. The minimum absolute atomic E-state index is 0.214. The summed E-state index contributed by atoms with van der Waals surface area (Å²) in [5.74, 6) is 2.44. The second-order valence-electron chi connectivity index (χ2n) is 4.07. The summed E-state index contributed by atoms with van der Waals surface area (Å²) in [6.07, 6.45) is 5.58. The summed E-state index contributed by atoms with van der Waals surface area (Å²) < 4.78 is 0. The molecule has 3 nitrogen and oxygen atoms in total. The summed E-state index contributed by atoms with van der Waals surface area (Å²) in [6, 6.07) is 2.10. The summed E-state index contributed by atoms with van der Waals surface area (Å²) in [5, 5.41) is 16.1. The first kappa shape index (κ1) is 12.2. The molecule has 16 heavy (non-hydrogen) atoms. The lowest BCUT2D eigenvalue weighted by Crippen LogP contribution is -2.11. The zero-order valence-electron chi connectivity index (χ0n) is 9.51. The second-order valence-corrected chi connectivity index (χ2v) is 4.07. The van der Waals surface area contributed by atoms with Gasteiger partial charge in [0.2, 0.25) is 0 Å². The first-order valence-electron chi connectivity index (χ1n) is 5.53. The Labute approximate surface area is 96.4 Å². The van der Waals surface area contributed by atoms with E-state index in [2.05, 4.69) is 16.8 Å².